The van der Waals surface area contributed by atoms with Crippen molar-refractivity contribution in [3.63, 3.8) is 0 Å². The largest absolute Gasteiger partial charge is 0.493 e. The number of ether oxygens (including phenoxy) is 2. The number of thiophene rings is 1. The molecule has 5 aliphatic rings. The fraction of sp³-hybridized carbons (Fsp3) is 0.197. The molecule has 3 nitrogen and oxygen atoms in total. The summed E-state index contributed by atoms with van der Waals surface area (Å²) in [5, 5.41) is 19.1. The van der Waals surface area contributed by atoms with Gasteiger partial charge in [0.2, 0.25) is 0 Å². The van der Waals surface area contributed by atoms with Crippen LogP contribution in [0.15, 0.2) is 152 Å². The number of nitriles is 1. The van der Waals surface area contributed by atoms with Gasteiger partial charge in [0.05, 0.1) is 25.9 Å². The van der Waals surface area contributed by atoms with E-state index in [-0.39, 0.29) is 5.41 Å². The fourth-order valence-electron chi connectivity index (χ4n) is 15.2. The Balaban J connectivity index is 0.992. The Labute approximate surface area is 381 Å². The Morgan fingerprint density at radius 1 is 0.523 bits per heavy atom. The van der Waals surface area contributed by atoms with E-state index in [0.29, 0.717) is 11.0 Å². The maximum absolute atomic E-state index is 9.61. The molecule has 1 aromatic heterocycles. The van der Waals surface area contributed by atoms with E-state index in [1.54, 1.807) is 25.3 Å². The zero-order valence-electron chi connectivity index (χ0n) is 36.2. The maximum Gasteiger partial charge on any atom is 0.162 e. The van der Waals surface area contributed by atoms with Crippen molar-refractivity contribution < 1.29 is 9.47 Å². The summed E-state index contributed by atoms with van der Waals surface area (Å²) in [7, 11) is 3.45. The van der Waals surface area contributed by atoms with Crippen LogP contribution < -0.4 is 9.47 Å². The quantitative estimate of drug-likeness (QED) is 0.162. The lowest BCUT2D eigenvalue weighted by Gasteiger charge is -2.70. The molecule has 15 rings (SSSR count). The molecule has 2 bridgehead atoms. The second-order valence-corrected chi connectivity index (χ2v) is 20.8. The van der Waals surface area contributed by atoms with Gasteiger partial charge in [-0.2, -0.15) is 5.26 Å². The van der Waals surface area contributed by atoms with Crippen molar-refractivity contribution in [2.45, 2.75) is 31.1 Å². The van der Waals surface area contributed by atoms with Gasteiger partial charge in [-0.3, -0.25) is 0 Å². The average Bonchev–Trinajstić information content (AvgIpc) is 4.06. The third-order valence-electron chi connectivity index (χ3n) is 17.6. The van der Waals surface area contributed by atoms with Gasteiger partial charge in [0.25, 0.3) is 0 Å². The van der Waals surface area contributed by atoms with Gasteiger partial charge in [-0.15, -0.1) is 11.3 Å². The molecule has 6 unspecified atom stereocenters. The highest BCUT2D eigenvalue weighted by atomic mass is 32.1. The van der Waals surface area contributed by atoms with Gasteiger partial charge in [0.15, 0.2) is 11.5 Å². The molecule has 0 aliphatic heterocycles. The van der Waals surface area contributed by atoms with Crippen molar-refractivity contribution in [1.82, 2.24) is 0 Å². The van der Waals surface area contributed by atoms with Gasteiger partial charge in [-0.25, -0.2) is 0 Å². The molecular weight excluding hydrogens is 811 g/mol. The third kappa shape index (κ3) is 4.41. The standard InChI is InChI=1S/C61H43NO2S/c1-63-53-29-49-50-25-38(58-45-12-5-3-10-43(45)57(44-11-4-6-13-46(44)58)37-18-17-34-21-33(32-62)15-16-35(34)22-37)24-47(59(50)65-55(49)30-54(53)64-2)36-19-20-52-48(23-36)42-9-7-8-14-51(42)61(52)41-27-39-26-40-28-56(61)60(39,40)31-41/h3-25,29-30,39-41,56H,26-28,31H2,1-2H3. The Kier molecular flexibility index (Phi) is 7.09. The van der Waals surface area contributed by atoms with Crippen LogP contribution in [0.25, 0.3) is 97.0 Å². The zero-order chi connectivity index (χ0) is 42.9. The highest BCUT2D eigenvalue weighted by Crippen LogP contribution is 2.88. The van der Waals surface area contributed by atoms with Gasteiger partial charge in [-0.1, -0.05) is 103 Å². The first-order valence-electron chi connectivity index (χ1n) is 23.3. The van der Waals surface area contributed by atoms with Crippen LogP contribution in [0.3, 0.4) is 0 Å². The number of benzene rings is 9. The molecule has 6 atom stereocenters. The Bertz CT molecular complexity index is 3780. The molecule has 5 aliphatic carbocycles. The number of hydrogen-bond donors (Lipinski definition) is 0. The first kappa shape index (κ1) is 36.4. The summed E-state index contributed by atoms with van der Waals surface area (Å²) in [6, 6.07) is 59.3. The molecule has 4 fully saturated rings. The molecule has 0 saturated heterocycles. The molecule has 0 radical (unpaired) electrons. The Morgan fingerprint density at radius 3 is 1.89 bits per heavy atom. The summed E-state index contributed by atoms with van der Waals surface area (Å²) in [5.74, 6) is 4.94. The van der Waals surface area contributed by atoms with Gasteiger partial charge in [-0.05, 0) is 180 Å². The highest BCUT2D eigenvalue weighted by Gasteiger charge is 2.82. The van der Waals surface area contributed by atoms with Crippen molar-refractivity contribution in [3.8, 4) is 62.1 Å². The van der Waals surface area contributed by atoms with E-state index in [4.69, 9.17) is 9.47 Å². The molecule has 0 N–H and O–H groups in total. The van der Waals surface area contributed by atoms with Crippen LogP contribution >= 0.6 is 11.3 Å². The van der Waals surface area contributed by atoms with Gasteiger partial charge >= 0.3 is 0 Å². The molecule has 1 heterocycles. The second kappa shape index (κ2) is 12.7. The molecule has 4 saturated carbocycles. The van der Waals surface area contributed by atoms with Crippen molar-refractivity contribution in [2.24, 2.45) is 29.1 Å². The normalized spacial score (nSPS) is 24.0. The van der Waals surface area contributed by atoms with Crippen molar-refractivity contribution >= 4 is 63.8 Å². The molecule has 65 heavy (non-hydrogen) atoms. The first-order chi connectivity index (χ1) is 32.0. The smallest absolute Gasteiger partial charge is 0.162 e. The summed E-state index contributed by atoms with van der Waals surface area (Å²) < 4.78 is 14.3. The van der Waals surface area contributed by atoms with Gasteiger partial charge in [0, 0.05) is 37.2 Å². The maximum atomic E-state index is 9.61. The predicted octanol–water partition coefficient (Wildman–Crippen LogP) is 15.7. The summed E-state index contributed by atoms with van der Waals surface area (Å²) in [6.07, 6.45) is 5.73. The van der Waals surface area contributed by atoms with Crippen LogP contribution in [-0.4, -0.2) is 14.2 Å². The molecular formula is C61H43NO2S. The molecule has 9 aromatic carbocycles. The number of nitrogens with zero attached hydrogens (tertiary/aromatic N) is 1. The lowest BCUT2D eigenvalue weighted by molar-refractivity contribution is -0.193. The molecule has 0 amide bonds. The minimum absolute atomic E-state index is 0.157. The molecule has 310 valence electrons. The second-order valence-electron chi connectivity index (χ2n) is 19.8. The van der Waals surface area contributed by atoms with Crippen LogP contribution in [-0.2, 0) is 5.41 Å². The van der Waals surface area contributed by atoms with E-state index in [9.17, 15) is 5.26 Å². The Morgan fingerprint density at radius 2 is 1.15 bits per heavy atom. The van der Waals surface area contributed by atoms with E-state index >= 15 is 0 Å². The van der Waals surface area contributed by atoms with Crippen LogP contribution in [0.2, 0.25) is 0 Å². The number of fused-ring (bicyclic) bond motifs is 14. The number of methoxy groups -OCH3 is 2. The lowest BCUT2D eigenvalue weighted by atomic mass is 9.34. The van der Waals surface area contributed by atoms with Crippen molar-refractivity contribution in [3.05, 3.63) is 168 Å². The first-order valence-corrected chi connectivity index (χ1v) is 24.1. The Hall–Kier alpha value is -6.93. The van der Waals surface area contributed by atoms with Crippen molar-refractivity contribution in [2.75, 3.05) is 14.2 Å². The number of hydrogen-bond acceptors (Lipinski definition) is 4. The minimum atomic E-state index is 0.157. The monoisotopic (exact) mass is 853 g/mol. The van der Waals surface area contributed by atoms with Gasteiger partial charge in [0.1, 0.15) is 0 Å². The van der Waals surface area contributed by atoms with Crippen molar-refractivity contribution in [1.29, 1.82) is 5.26 Å². The van der Waals surface area contributed by atoms with E-state index in [1.165, 1.54) is 112 Å². The summed E-state index contributed by atoms with van der Waals surface area (Å²) in [6.45, 7) is 0. The van der Waals surface area contributed by atoms with E-state index < -0.39 is 0 Å². The molecule has 2 spiro atoms. The molecule has 4 heteroatoms. The van der Waals surface area contributed by atoms with Crippen LogP contribution in [0.5, 0.6) is 11.5 Å². The lowest BCUT2D eigenvalue weighted by Crippen LogP contribution is -2.65. The minimum Gasteiger partial charge on any atom is -0.493 e. The van der Waals surface area contributed by atoms with E-state index in [1.807, 2.05) is 23.5 Å². The predicted molar refractivity (Wildman–Crippen MR) is 267 cm³/mol. The summed E-state index contributed by atoms with van der Waals surface area (Å²) in [4.78, 5) is 0. The van der Waals surface area contributed by atoms with E-state index in [2.05, 4.69) is 146 Å². The SMILES string of the molecule is COc1cc2sc3c(-c4ccc5c(c4)-c4ccccc4C54C5CC6CC7CC4C67C5)cc(-c4c5ccccc5c(-c5ccc6cc(C#N)ccc6c5)c5ccccc45)cc3c2cc1OC. The zero-order valence-corrected chi connectivity index (χ0v) is 37.1. The highest BCUT2D eigenvalue weighted by molar-refractivity contribution is 7.26. The third-order valence-corrected chi connectivity index (χ3v) is 18.8. The summed E-state index contributed by atoms with van der Waals surface area (Å²) >= 11 is 1.85. The van der Waals surface area contributed by atoms with Gasteiger partial charge < -0.3 is 9.47 Å². The summed E-state index contributed by atoms with van der Waals surface area (Å²) in [5.41, 5.74) is 14.9. The van der Waals surface area contributed by atoms with E-state index in [0.717, 1.165) is 45.9 Å². The fourth-order valence-corrected chi connectivity index (χ4v) is 16.4. The van der Waals surface area contributed by atoms with Crippen LogP contribution in [0, 0.1) is 40.4 Å². The molecule has 10 aromatic rings. The van der Waals surface area contributed by atoms with Crippen LogP contribution in [0.1, 0.15) is 42.4 Å². The topological polar surface area (TPSA) is 42.2 Å². The average molecular weight is 854 g/mol. The number of rotatable bonds is 5. The van der Waals surface area contributed by atoms with Crippen LogP contribution in [0.4, 0.5) is 0 Å².